The van der Waals surface area contributed by atoms with Gasteiger partial charge in [0, 0.05) is 19.1 Å². The lowest BCUT2D eigenvalue weighted by molar-refractivity contribution is -0.135. The largest absolute Gasteiger partial charge is 0.391 e. The molecular formula is C11H20N2O3. The van der Waals surface area contributed by atoms with E-state index in [0.29, 0.717) is 13.0 Å². The average molecular weight is 228 g/mol. The number of hydrogen-bond acceptors (Lipinski definition) is 4. The Morgan fingerprint density at radius 3 is 2.56 bits per heavy atom. The molecule has 0 saturated carbocycles. The molecule has 0 bridgehead atoms. The highest BCUT2D eigenvalue weighted by atomic mass is 16.3. The Hall–Kier alpha value is -0.940. The number of carbonyl (C=O) groups is 2. The predicted molar refractivity (Wildman–Crippen MR) is 60.0 cm³/mol. The van der Waals surface area contributed by atoms with Crippen LogP contribution in [0.25, 0.3) is 0 Å². The molecule has 92 valence electrons. The molecule has 1 fully saturated rings. The van der Waals surface area contributed by atoms with Gasteiger partial charge in [-0.1, -0.05) is 0 Å². The molecule has 1 aliphatic heterocycles. The topological polar surface area (TPSA) is 60.9 Å². The molecule has 1 heterocycles. The quantitative estimate of drug-likeness (QED) is 0.658. The molecule has 1 saturated heterocycles. The molecule has 1 rings (SSSR count). The van der Waals surface area contributed by atoms with Crippen molar-refractivity contribution in [2.45, 2.75) is 31.9 Å². The number of β-amino-alcohol motifs (C(OH)–C–C–N with tert-alkyl or cyclic N) is 1. The van der Waals surface area contributed by atoms with Crippen LogP contribution < -0.4 is 0 Å². The minimum absolute atomic E-state index is 0.0249. The second kappa shape index (κ2) is 5.41. The van der Waals surface area contributed by atoms with Crippen molar-refractivity contribution in [3.05, 3.63) is 0 Å². The third-order valence-corrected chi connectivity index (χ3v) is 2.69. The van der Waals surface area contributed by atoms with Crippen LogP contribution in [-0.2, 0) is 9.59 Å². The second-order valence-electron chi connectivity index (χ2n) is 4.73. The minimum Gasteiger partial charge on any atom is -0.391 e. The first-order valence-electron chi connectivity index (χ1n) is 5.52. The Bertz CT molecular complexity index is 278. The molecule has 0 radical (unpaired) electrons. The Labute approximate surface area is 96.0 Å². The van der Waals surface area contributed by atoms with Crippen LogP contribution in [0, 0.1) is 0 Å². The van der Waals surface area contributed by atoms with Gasteiger partial charge >= 0.3 is 0 Å². The molecular weight excluding hydrogens is 208 g/mol. The highest BCUT2D eigenvalue weighted by Crippen LogP contribution is 2.19. The summed E-state index contributed by atoms with van der Waals surface area (Å²) in [5.74, 6) is -0.300. The van der Waals surface area contributed by atoms with E-state index in [2.05, 4.69) is 0 Å². The SMILES string of the molecule is CC(=O)CC(=O)N1CC(O)CC1CN(C)C. The first kappa shape index (κ1) is 13.1. The number of ketones is 1. The first-order chi connectivity index (χ1) is 7.40. The van der Waals surface area contributed by atoms with Gasteiger partial charge in [0.25, 0.3) is 0 Å². The molecule has 2 atom stereocenters. The predicted octanol–water partition coefficient (Wildman–Crippen LogP) is -0.511. The lowest BCUT2D eigenvalue weighted by Crippen LogP contribution is -2.41. The fraction of sp³-hybridized carbons (Fsp3) is 0.818. The van der Waals surface area contributed by atoms with E-state index in [1.54, 1.807) is 4.90 Å². The van der Waals surface area contributed by atoms with Gasteiger partial charge in [-0.2, -0.15) is 0 Å². The average Bonchev–Trinajstić information content (AvgIpc) is 2.44. The van der Waals surface area contributed by atoms with Crippen LogP contribution in [0.2, 0.25) is 0 Å². The number of Topliss-reactive ketones (excluding diaryl/α,β-unsaturated/α-hetero) is 1. The maximum Gasteiger partial charge on any atom is 0.230 e. The minimum atomic E-state index is -0.458. The van der Waals surface area contributed by atoms with Gasteiger partial charge in [-0.25, -0.2) is 0 Å². The zero-order valence-corrected chi connectivity index (χ0v) is 10.1. The monoisotopic (exact) mass is 228 g/mol. The molecule has 2 unspecified atom stereocenters. The molecule has 0 aromatic heterocycles. The molecule has 16 heavy (non-hydrogen) atoms. The van der Waals surface area contributed by atoms with E-state index in [-0.39, 0.29) is 24.2 Å². The molecule has 1 aliphatic rings. The van der Waals surface area contributed by atoms with Gasteiger partial charge in [-0.05, 0) is 27.4 Å². The molecule has 5 nitrogen and oxygen atoms in total. The van der Waals surface area contributed by atoms with Crippen molar-refractivity contribution < 1.29 is 14.7 Å². The number of aliphatic hydroxyl groups is 1. The number of amides is 1. The highest BCUT2D eigenvalue weighted by molar-refractivity contribution is 5.97. The first-order valence-corrected chi connectivity index (χ1v) is 5.52. The lowest BCUT2D eigenvalue weighted by atomic mass is 10.2. The smallest absolute Gasteiger partial charge is 0.230 e. The molecule has 1 N–H and O–H groups in total. The number of nitrogens with zero attached hydrogens (tertiary/aromatic N) is 2. The van der Waals surface area contributed by atoms with Crippen LogP contribution in [0.3, 0.4) is 0 Å². The summed E-state index contributed by atoms with van der Waals surface area (Å²) >= 11 is 0. The zero-order chi connectivity index (χ0) is 12.3. The van der Waals surface area contributed by atoms with Crippen molar-refractivity contribution in [3.63, 3.8) is 0 Å². The summed E-state index contributed by atoms with van der Waals surface area (Å²) in [6.07, 6.45) is 0.0826. The van der Waals surface area contributed by atoms with Crippen LogP contribution in [0.5, 0.6) is 0 Å². The van der Waals surface area contributed by atoms with Crippen LogP contribution in [0.15, 0.2) is 0 Å². The molecule has 0 spiro atoms. The van der Waals surface area contributed by atoms with Gasteiger partial charge in [-0.3, -0.25) is 9.59 Å². The van der Waals surface area contributed by atoms with Crippen molar-refractivity contribution in [2.24, 2.45) is 0 Å². The number of likely N-dealkylation sites (tertiary alicyclic amines) is 1. The maximum absolute atomic E-state index is 11.8. The van der Waals surface area contributed by atoms with E-state index in [4.69, 9.17) is 0 Å². The number of hydrogen-bond donors (Lipinski definition) is 1. The van der Waals surface area contributed by atoms with Crippen molar-refractivity contribution in [2.75, 3.05) is 27.2 Å². The Morgan fingerprint density at radius 1 is 1.44 bits per heavy atom. The molecule has 5 heteroatoms. The zero-order valence-electron chi connectivity index (χ0n) is 10.1. The maximum atomic E-state index is 11.8. The number of carbonyl (C=O) groups excluding carboxylic acids is 2. The van der Waals surface area contributed by atoms with Gasteiger partial charge in [-0.15, -0.1) is 0 Å². The summed E-state index contributed by atoms with van der Waals surface area (Å²) in [4.78, 5) is 26.3. The van der Waals surface area contributed by atoms with Crippen molar-refractivity contribution in [1.82, 2.24) is 9.80 Å². The van der Waals surface area contributed by atoms with Crippen LogP contribution in [-0.4, -0.2) is 65.9 Å². The fourth-order valence-corrected chi connectivity index (χ4v) is 2.11. The van der Waals surface area contributed by atoms with E-state index in [1.807, 2.05) is 19.0 Å². The summed E-state index contributed by atoms with van der Waals surface area (Å²) in [5, 5.41) is 9.57. The van der Waals surface area contributed by atoms with E-state index in [0.717, 1.165) is 6.54 Å². The number of rotatable bonds is 4. The van der Waals surface area contributed by atoms with Crippen molar-refractivity contribution in [1.29, 1.82) is 0 Å². The Kier molecular flexibility index (Phi) is 4.44. The normalized spacial score (nSPS) is 25.2. The summed E-state index contributed by atoms with van der Waals surface area (Å²) in [5.41, 5.74) is 0. The Morgan fingerprint density at radius 2 is 2.06 bits per heavy atom. The number of aliphatic hydroxyl groups excluding tert-OH is 1. The molecule has 0 aromatic rings. The standard InChI is InChI=1S/C11H20N2O3/c1-8(14)4-11(16)13-7-10(15)5-9(13)6-12(2)3/h9-10,15H,4-7H2,1-3H3. The van der Waals surface area contributed by atoms with Crippen LogP contribution in [0.1, 0.15) is 19.8 Å². The second-order valence-corrected chi connectivity index (χ2v) is 4.73. The third kappa shape index (κ3) is 3.57. The van der Waals surface area contributed by atoms with Crippen LogP contribution >= 0.6 is 0 Å². The van der Waals surface area contributed by atoms with E-state index < -0.39 is 6.10 Å². The third-order valence-electron chi connectivity index (χ3n) is 2.69. The van der Waals surface area contributed by atoms with Gasteiger partial charge < -0.3 is 14.9 Å². The summed E-state index contributed by atoms with van der Waals surface area (Å²) in [6, 6.07) is 0.0249. The lowest BCUT2D eigenvalue weighted by Gasteiger charge is -2.26. The fourth-order valence-electron chi connectivity index (χ4n) is 2.11. The van der Waals surface area contributed by atoms with E-state index >= 15 is 0 Å². The molecule has 0 aliphatic carbocycles. The van der Waals surface area contributed by atoms with E-state index in [9.17, 15) is 14.7 Å². The molecule has 0 aromatic carbocycles. The van der Waals surface area contributed by atoms with Gasteiger partial charge in [0.1, 0.15) is 5.78 Å². The molecule has 1 amide bonds. The summed E-state index contributed by atoms with van der Waals surface area (Å²) in [6.45, 7) is 2.48. The summed E-state index contributed by atoms with van der Waals surface area (Å²) in [7, 11) is 3.86. The summed E-state index contributed by atoms with van der Waals surface area (Å²) < 4.78 is 0. The van der Waals surface area contributed by atoms with Gasteiger partial charge in [0.15, 0.2) is 0 Å². The van der Waals surface area contributed by atoms with Crippen molar-refractivity contribution >= 4 is 11.7 Å². The van der Waals surface area contributed by atoms with Crippen molar-refractivity contribution in [3.8, 4) is 0 Å². The highest BCUT2D eigenvalue weighted by Gasteiger charge is 2.34. The van der Waals surface area contributed by atoms with E-state index in [1.165, 1.54) is 6.92 Å². The van der Waals surface area contributed by atoms with Crippen LogP contribution in [0.4, 0.5) is 0 Å². The van der Waals surface area contributed by atoms with Gasteiger partial charge in [0.2, 0.25) is 5.91 Å². The number of likely N-dealkylation sites (N-methyl/N-ethyl adjacent to an activating group) is 1. The van der Waals surface area contributed by atoms with Gasteiger partial charge in [0.05, 0.1) is 12.5 Å². The Balaban J connectivity index is 2.61.